The van der Waals surface area contributed by atoms with Crippen molar-refractivity contribution in [2.75, 3.05) is 18.6 Å². The number of nitrogens with one attached hydrogen (secondary N) is 5. The Labute approximate surface area is 271 Å². The maximum absolute atomic E-state index is 13.6. The van der Waals surface area contributed by atoms with Crippen LogP contribution >= 0.6 is 11.8 Å². The maximum atomic E-state index is 13.6. The lowest BCUT2D eigenvalue weighted by Crippen LogP contribution is -2.57. The van der Waals surface area contributed by atoms with Crippen molar-refractivity contribution >= 4 is 57.3 Å². The molecule has 4 atom stereocenters. The second kappa shape index (κ2) is 16.8. The van der Waals surface area contributed by atoms with Crippen LogP contribution in [0.2, 0.25) is 0 Å². The molecule has 0 spiro atoms. The molecule has 12 nitrogen and oxygen atoms in total. The molecule has 0 aliphatic heterocycles. The third-order valence-electron chi connectivity index (χ3n) is 7.99. The van der Waals surface area contributed by atoms with Crippen molar-refractivity contribution in [1.82, 2.24) is 25.9 Å². The Balaban J connectivity index is 1.43. The summed E-state index contributed by atoms with van der Waals surface area (Å²) in [4.78, 5) is 58.7. The third kappa shape index (κ3) is 9.12. The predicted molar refractivity (Wildman–Crippen MR) is 181 cm³/mol. The summed E-state index contributed by atoms with van der Waals surface area (Å²) in [5.74, 6) is -2.30. The molecule has 3 amide bonds. The highest BCUT2D eigenvalue weighted by Gasteiger charge is 2.30. The Morgan fingerprint density at radius 3 is 1.85 bits per heavy atom. The number of carboxylic acid groups (broad SMARTS) is 1. The van der Waals surface area contributed by atoms with Gasteiger partial charge in [-0.15, -0.1) is 0 Å². The molecule has 0 radical (unpaired) electrons. The van der Waals surface area contributed by atoms with Crippen LogP contribution in [0.4, 0.5) is 0 Å². The molecule has 4 rings (SSSR count). The second-order valence-electron chi connectivity index (χ2n) is 11.3. The third-order valence-corrected chi connectivity index (χ3v) is 8.63. The smallest absolute Gasteiger partial charge is 0.326 e. The Hall–Kier alpha value is -4.33. The molecule has 246 valence electrons. The number of hydrogen-bond donors (Lipinski definition) is 8. The number of amides is 3. The summed E-state index contributed by atoms with van der Waals surface area (Å²) in [5.41, 5.74) is 15.4. The van der Waals surface area contributed by atoms with E-state index in [-0.39, 0.29) is 19.3 Å². The summed E-state index contributed by atoms with van der Waals surface area (Å²) < 4.78 is 0. The van der Waals surface area contributed by atoms with E-state index in [0.717, 1.165) is 32.9 Å². The van der Waals surface area contributed by atoms with Crippen LogP contribution in [0.1, 0.15) is 36.8 Å². The molecule has 2 heterocycles. The van der Waals surface area contributed by atoms with Crippen LogP contribution in [-0.4, -0.2) is 81.5 Å². The number of benzene rings is 2. The van der Waals surface area contributed by atoms with Crippen LogP contribution in [0.15, 0.2) is 60.9 Å². The first-order valence-corrected chi connectivity index (χ1v) is 16.8. The molecular formula is C33H43N7O5S. The highest BCUT2D eigenvalue weighted by atomic mass is 32.2. The van der Waals surface area contributed by atoms with Crippen molar-refractivity contribution in [2.45, 2.75) is 62.7 Å². The Morgan fingerprint density at radius 2 is 1.28 bits per heavy atom. The van der Waals surface area contributed by atoms with Gasteiger partial charge in [0.25, 0.3) is 0 Å². The van der Waals surface area contributed by atoms with E-state index in [4.69, 9.17) is 11.5 Å². The molecule has 0 aliphatic carbocycles. The van der Waals surface area contributed by atoms with Crippen LogP contribution in [-0.2, 0) is 32.0 Å². The molecule has 2 aromatic carbocycles. The van der Waals surface area contributed by atoms with Gasteiger partial charge >= 0.3 is 5.97 Å². The number of carboxylic acids is 1. The van der Waals surface area contributed by atoms with Gasteiger partial charge in [0.15, 0.2) is 0 Å². The largest absolute Gasteiger partial charge is 0.480 e. The number of nitrogens with two attached hydrogens (primary N) is 2. The highest BCUT2D eigenvalue weighted by molar-refractivity contribution is 7.98. The molecule has 4 aromatic rings. The molecule has 0 aliphatic rings. The Kier molecular flexibility index (Phi) is 12.6. The molecule has 0 fully saturated rings. The summed E-state index contributed by atoms with van der Waals surface area (Å²) in [6, 6.07) is 11.1. The normalized spacial score (nSPS) is 14.0. The van der Waals surface area contributed by atoms with E-state index in [2.05, 4.69) is 25.9 Å². The molecular weight excluding hydrogens is 606 g/mol. The van der Waals surface area contributed by atoms with Crippen molar-refractivity contribution < 1.29 is 24.3 Å². The van der Waals surface area contributed by atoms with E-state index in [0.29, 0.717) is 31.6 Å². The van der Waals surface area contributed by atoms with E-state index >= 15 is 0 Å². The van der Waals surface area contributed by atoms with E-state index in [1.165, 1.54) is 11.8 Å². The van der Waals surface area contributed by atoms with Crippen LogP contribution in [0.25, 0.3) is 21.8 Å². The van der Waals surface area contributed by atoms with Gasteiger partial charge in [-0.05, 0) is 73.9 Å². The molecule has 13 heteroatoms. The summed E-state index contributed by atoms with van der Waals surface area (Å²) in [7, 11) is 0. The molecule has 10 N–H and O–H groups in total. The van der Waals surface area contributed by atoms with Crippen LogP contribution in [0.5, 0.6) is 0 Å². The zero-order chi connectivity index (χ0) is 33.1. The molecule has 0 saturated heterocycles. The van der Waals surface area contributed by atoms with E-state index in [1.54, 1.807) is 6.20 Å². The fourth-order valence-corrected chi connectivity index (χ4v) is 5.91. The summed E-state index contributed by atoms with van der Waals surface area (Å²) in [6.07, 6.45) is 7.52. The molecule has 2 aromatic heterocycles. The van der Waals surface area contributed by atoms with Gasteiger partial charge in [-0.1, -0.05) is 36.4 Å². The minimum absolute atomic E-state index is 0.0559. The van der Waals surface area contributed by atoms with Gasteiger partial charge in [-0.3, -0.25) is 14.4 Å². The number of fused-ring (bicyclic) bond motifs is 2. The van der Waals surface area contributed by atoms with Crippen LogP contribution < -0.4 is 27.4 Å². The molecule has 46 heavy (non-hydrogen) atoms. The second-order valence-corrected chi connectivity index (χ2v) is 12.3. The van der Waals surface area contributed by atoms with Crippen molar-refractivity contribution in [3.05, 3.63) is 72.1 Å². The van der Waals surface area contributed by atoms with Crippen molar-refractivity contribution in [1.29, 1.82) is 0 Å². The Bertz CT molecular complexity index is 1640. The average molecular weight is 650 g/mol. The fourth-order valence-electron chi connectivity index (χ4n) is 5.44. The minimum atomic E-state index is -1.22. The highest BCUT2D eigenvalue weighted by Crippen LogP contribution is 2.20. The van der Waals surface area contributed by atoms with Gasteiger partial charge in [-0.2, -0.15) is 11.8 Å². The van der Waals surface area contributed by atoms with Gasteiger partial charge < -0.3 is 42.5 Å². The zero-order valence-corrected chi connectivity index (χ0v) is 26.7. The van der Waals surface area contributed by atoms with Crippen LogP contribution in [0.3, 0.4) is 0 Å². The first kappa shape index (κ1) is 34.5. The summed E-state index contributed by atoms with van der Waals surface area (Å²) in [5, 5.41) is 20.0. The van der Waals surface area contributed by atoms with E-state index < -0.39 is 47.9 Å². The lowest BCUT2D eigenvalue weighted by Gasteiger charge is -2.25. The van der Waals surface area contributed by atoms with E-state index in [1.807, 2.05) is 61.0 Å². The van der Waals surface area contributed by atoms with Gasteiger partial charge in [0.2, 0.25) is 17.7 Å². The van der Waals surface area contributed by atoms with Gasteiger partial charge in [0, 0.05) is 40.6 Å². The SMILES string of the molecule is CSCCC(NC(=O)C(CCCCN)NC(=O)C(N)Cc1c[nH]c2ccccc12)C(=O)NC(Cc1c[nH]c2ccccc12)C(=O)O. The van der Waals surface area contributed by atoms with E-state index in [9.17, 15) is 24.3 Å². The van der Waals surface area contributed by atoms with Crippen molar-refractivity contribution in [3.8, 4) is 0 Å². The van der Waals surface area contributed by atoms with Crippen LogP contribution in [0, 0.1) is 0 Å². The average Bonchev–Trinajstić information content (AvgIpc) is 3.66. The number of H-pyrrole nitrogens is 2. The van der Waals surface area contributed by atoms with Gasteiger partial charge in [-0.25, -0.2) is 4.79 Å². The van der Waals surface area contributed by atoms with Crippen molar-refractivity contribution in [3.63, 3.8) is 0 Å². The Morgan fingerprint density at radius 1 is 0.761 bits per heavy atom. The maximum Gasteiger partial charge on any atom is 0.326 e. The fraction of sp³-hybridized carbons (Fsp3) is 0.394. The lowest BCUT2D eigenvalue weighted by atomic mass is 10.0. The van der Waals surface area contributed by atoms with Gasteiger partial charge in [0.1, 0.15) is 18.1 Å². The summed E-state index contributed by atoms with van der Waals surface area (Å²) in [6.45, 7) is 0.425. The lowest BCUT2D eigenvalue weighted by molar-refractivity contribution is -0.142. The quantitative estimate of drug-likeness (QED) is 0.0748. The van der Waals surface area contributed by atoms with Crippen molar-refractivity contribution in [2.24, 2.45) is 11.5 Å². The molecule has 0 bridgehead atoms. The predicted octanol–water partition coefficient (Wildman–Crippen LogP) is 2.18. The van der Waals surface area contributed by atoms with Gasteiger partial charge in [0.05, 0.1) is 6.04 Å². The zero-order valence-electron chi connectivity index (χ0n) is 25.9. The number of aromatic amines is 2. The minimum Gasteiger partial charge on any atom is -0.480 e. The standard InChI is InChI=1S/C33H43N7O5S/c1-46-15-13-28(32(43)40-29(33(44)45)17-21-19-37-26-11-5-3-9-23(21)26)39-31(42)27(12-6-7-14-34)38-30(41)24(35)16-20-18-36-25-10-4-2-8-22(20)25/h2-5,8-11,18-19,24,27-29,36-37H,6-7,12-17,34-35H2,1H3,(H,38,41)(H,39,42)(H,40,43)(H,44,45). The number of para-hydroxylation sites is 2. The number of unbranched alkanes of at least 4 members (excludes halogenated alkanes) is 1. The number of carbonyl (C=O) groups is 4. The first-order chi connectivity index (χ1) is 22.2. The number of thioether (sulfide) groups is 1. The molecule has 4 unspecified atom stereocenters. The monoisotopic (exact) mass is 649 g/mol. The topological polar surface area (TPSA) is 208 Å². The molecule has 0 saturated carbocycles. The number of aromatic nitrogens is 2. The number of carbonyl (C=O) groups excluding carboxylic acids is 3. The summed E-state index contributed by atoms with van der Waals surface area (Å²) >= 11 is 1.49. The number of hydrogen-bond acceptors (Lipinski definition) is 7. The first-order valence-electron chi connectivity index (χ1n) is 15.4. The number of rotatable bonds is 18. The number of aliphatic carboxylic acids is 1.